The molecule has 0 fully saturated rings. The van der Waals surface area contributed by atoms with Gasteiger partial charge in [-0.25, -0.2) is 4.98 Å². The van der Waals surface area contributed by atoms with Gasteiger partial charge in [0.15, 0.2) is 0 Å². The Bertz CT molecular complexity index is 1580. The molecule has 2 aromatic carbocycles. The molecule has 160 valence electrons. The van der Waals surface area contributed by atoms with Crippen molar-refractivity contribution in [2.75, 3.05) is 5.32 Å². The summed E-state index contributed by atoms with van der Waals surface area (Å²) in [5, 5.41) is 15.3. The number of imidazole rings is 1. The number of anilines is 1. The number of nitrogens with one attached hydrogen (secondary N) is 2. The van der Waals surface area contributed by atoms with Gasteiger partial charge in [0.1, 0.15) is 11.3 Å². The first-order valence-electron chi connectivity index (χ1n) is 10.5. The quantitative estimate of drug-likeness (QED) is 0.422. The third-order valence-corrected chi connectivity index (χ3v) is 5.69. The number of nitrogens with zero attached hydrogens (tertiary/aromatic N) is 5. The van der Waals surface area contributed by atoms with Gasteiger partial charge >= 0.3 is 0 Å². The second kappa shape index (κ2) is 7.76. The van der Waals surface area contributed by atoms with Crippen molar-refractivity contribution in [1.29, 1.82) is 0 Å². The summed E-state index contributed by atoms with van der Waals surface area (Å²) in [6.45, 7) is 0.661. The number of H-pyrrole nitrogens is 1. The van der Waals surface area contributed by atoms with E-state index in [4.69, 9.17) is 0 Å². The predicted molar refractivity (Wildman–Crippen MR) is 126 cm³/mol. The molecule has 33 heavy (non-hydrogen) atoms. The Balaban J connectivity index is 1.29. The Labute approximate surface area is 188 Å². The van der Waals surface area contributed by atoms with E-state index in [2.05, 4.69) is 37.7 Å². The monoisotopic (exact) mass is 433 g/mol. The van der Waals surface area contributed by atoms with Gasteiger partial charge in [0.2, 0.25) is 0 Å². The van der Waals surface area contributed by atoms with Crippen LogP contribution in [0.5, 0.6) is 0 Å². The molecule has 6 aromatic rings. The number of pyridine rings is 1. The summed E-state index contributed by atoms with van der Waals surface area (Å²) in [6.07, 6.45) is 8.79. The summed E-state index contributed by atoms with van der Waals surface area (Å²) in [4.78, 5) is 17.6. The Hall–Kier alpha value is -4.72. The molecule has 0 aliphatic heterocycles. The van der Waals surface area contributed by atoms with Crippen molar-refractivity contribution in [1.82, 2.24) is 29.4 Å². The molecule has 0 radical (unpaired) electrons. The first-order chi connectivity index (χ1) is 16.3. The highest BCUT2D eigenvalue weighted by molar-refractivity contribution is 6.08. The predicted octanol–water partition coefficient (Wildman–Crippen LogP) is 4.37. The van der Waals surface area contributed by atoms with Crippen LogP contribution in [0.1, 0.15) is 16.1 Å². The van der Waals surface area contributed by atoms with E-state index in [0.29, 0.717) is 23.6 Å². The fourth-order valence-corrected chi connectivity index (χ4v) is 4.02. The average Bonchev–Trinajstić information content (AvgIpc) is 3.60. The zero-order valence-corrected chi connectivity index (χ0v) is 17.5. The largest absolute Gasteiger partial charge is 0.320 e. The molecule has 0 saturated heterocycles. The molecule has 0 atom stereocenters. The third kappa shape index (κ3) is 3.43. The van der Waals surface area contributed by atoms with Crippen LogP contribution in [0.2, 0.25) is 0 Å². The summed E-state index contributed by atoms with van der Waals surface area (Å²) in [5.74, 6) is -0.234. The number of hydrogen-bond acceptors (Lipinski definition) is 4. The Morgan fingerprint density at radius 2 is 1.88 bits per heavy atom. The Morgan fingerprint density at radius 1 is 0.970 bits per heavy atom. The summed E-state index contributed by atoms with van der Waals surface area (Å²) >= 11 is 0. The second-order valence-corrected chi connectivity index (χ2v) is 7.75. The number of aromatic nitrogens is 6. The van der Waals surface area contributed by atoms with Crippen LogP contribution in [-0.4, -0.2) is 35.3 Å². The molecular formula is C25H19N7O. The minimum atomic E-state index is -0.234. The van der Waals surface area contributed by atoms with Crippen molar-refractivity contribution < 1.29 is 4.79 Å². The van der Waals surface area contributed by atoms with E-state index in [0.717, 1.165) is 27.6 Å². The van der Waals surface area contributed by atoms with Crippen LogP contribution in [0.15, 0.2) is 91.6 Å². The van der Waals surface area contributed by atoms with Crippen molar-refractivity contribution in [3.05, 3.63) is 103 Å². The highest BCUT2D eigenvalue weighted by Gasteiger charge is 2.15. The van der Waals surface area contributed by atoms with Crippen LogP contribution in [0.25, 0.3) is 27.7 Å². The number of amides is 1. The lowest BCUT2D eigenvalue weighted by Gasteiger charge is -2.08. The molecule has 0 bridgehead atoms. The number of benzene rings is 2. The van der Waals surface area contributed by atoms with Crippen LogP contribution in [-0.2, 0) is 6.54 Å². The number of carbonyl (C=O) groups excluding carboxylic acids is 1. The summed E-state index contributed by atoms with van der Waals surface area (Å²) in [6, 6.07) is 19.8. The first-order valence-corrected chi connectivity index (χ1v) is 10.5. The molecule has 8 nitrogen and oxygen atoms in total. The smallest absolute Gasteiger partial charge is 0.274 e. The standard InChI is InChI=1S/C25H19N7O/c33-25(23-15-26-24-11-18(9-10-31(23)24)19-12-27-28-13-19)30-21-7-4-8-22-20(21)14-29-32(22)16-17-5-2-1-3-6-17/h1-15H,16H2,(H,27,28)(H,30,33). The highest BCUT2D eigenvalue weighted by atomic mass is 16.1. The molecule has 4 heterocycles. The van der Waals surface area contributed by atoms with E-state index >= 15 is 0 Å². The minimum absolute atomic E-state index is 0.234. The van der Waals surface area contributed by atoms with E-state index in [-0.39, 0.29) is 5.91 Å². The number of fused-ring (bicyclic) bond motifs is 2. The van der Waals surface area contributed by atoms with Crippen molar-refractivity contribution in [3.63, 3.8) is 0 Å². The van der Waals surface area contributed by atoms with Crippen molar-refractivity contribution in [3.8, 4) is 11.1 Å². The molecular weight excluding hydrogens is 414 g/mol. The summed E-state index contributed by atoms with van der Waals surface area (Å²) in [7, 11) is 0. The van der Waals surface area contributed by atoms with Crippen molar-refractivity contribution in [2.24, 2.45) is 0 Å². The van der Waals surface area contributed by atoms with Gasteiger partial charge in [-0.3, -0.25) is 19.0 Å². The maximum atomic E-state index is 13.1. The van der Waals surface area contributed by atoms with Gasteiger partial charge < -0.3 is 5.32 Å². The van der Waals surface area contributed by atoms with E-state index in [1.165, 1.54) is 0 Å². The lowest BCUT2D eigenvalue weighted by molar-refractivity contribution is 0.102. The van der Waals surface area contributed by atoms with Crippen LogP contribution in [0.4, 0.5) is 5.69 Å². The molecule has 6 rings (SSSR count). The maximum Gasteiger partial charge on any atom is 0.274 e. The molecule has 0 aliphatic rings. The lowest BCUT2D eigenvalue weighted by Crippen LogP contribution is -2.14. The number of carbonyl (C=O) groups is 1. The van der Waals surface area contributed by atoms with Gasteiger partial charge in [0.05, 0.1) is 36.3 Å². The fourth-order valence-electron chi connectivity index (χ4n) is 4.02. The van der Waals surface area contributed by atoms with Gasteiger partial charge in [-0.1, -0.05) is 36.4 Å². The van der Waals surface area contributed by atoms with Gasteiger partial charge in [0, 0.05) is 23.3 Å². The lowest BCUT2D eigenvalue weighted by atomic mass is 10.1. The summed E-state index contributed by atoms with van der Waals surface area (Å²) < 4.78 is 3.71. The van der Waals surface area contributed by atoms with Crippen LogP contribution < -0.4 is 5.32 Å². The molecule has 8 heteroatoms. The Morgan fingerprint density at radius 3 is 2.73 bits per heavy atom. The molecule has 0 saturated carbocycles. The molecule has 0 spiro atoms. The number of rotatable bonds is 5. The second-order valence-electron chi connectivity index (χ2n) is 7.75. The van der Waals surface area contributed by atoms with Gasteiger partial charge in [-0.2, -0.15) is 10.2 Å². The topological polar surface area (TPSA) is 92.9 Å². The molecule has 1 amide bonds. The SMILES string of the molecule is O=C(Nc1cccc2c1cnn2Cc1ccccc1)c1cnc2cc(-c3cn[nH]c3)ccn12. The molecule has 0 aliphatic carbocycles. The maximum absolute atomic E-state index is 13.1. The zero-order chi connectivity index (χ0) is 22.2. The van der Waals surface area contributed by atoms with Crippen molar-refractivity contribution in [2.45, 2.75) is 6.54 Å². The van der Waals surface area contributed by atoms with Crippen LogP contribution in [0.3, 0.4) is 0 Å². The van der Waals surface area contributed by atoms with Gasteiger partial charge in [-0.15, -0.1) is 0 Å². The van der Waals surface area contributed by atoms with E-state index < -0.39 is 0 Å². The fraction of sp³-hybridized carbons (Fsp3) is 0.0400. The first kappa shape index (κ1) is 19.0. The van der Waals surface area contributed by atoms with E-state index in [9.17, 15) is 4.79 Å². The normalized spacial score (nSPS) is 11.3. The minimum Gasteiger partial charge on any atom is -0.320 e. The zero-order valence-electron chi connectivity index (χ0n) is 17.5. The van der Waals surface area contributed by atoms with Gasteiger partial charge in [-0.05, 0) is 35.4 Å². The van der Waals surface area contributed by atoms with Crippen LogP contribution >= 0.6 is 0 Å². The Kier molecular flexibility index (Phi) is 4.47. The molecule has 4 aromatic heterocycles. The van der Waals surface area contributed by atoms with E-state index in [1.807, 2.05) is 65.6 Å². The third-order valence-electron chi connectivity index (χ3n) is 5.69. The molecule has 0 unspecified atom stereocenters. The highest BCUT2D eigenvalue weighted by Crippen LogP contribution is 2.25. The summed E-state index contributed by atoms with van der Waals surface area (Å²) in [5.41, 5.74) is 5.92. The van der Waals surface area contributed by atoms with Gasteiger partial charge in [0.25, 0.3) is 5.91 Å². The van der Waals surface area contributed by atoms with Crippen LogP contribution in [0, 0.1) is 0 Å². The van der Waals surface area contributed by atoms with Crippen molar-refractivity contribution >= 4 is 28.1 Å². The number of hydrogen-bond donors (Lipinski definition) is 2. The number of aromatic amines is 1. The average molecular weight is 433 g/mol. The molecule has 2 N–H and O–H groups in total. The van der Waals surface area contributed by atoms with E-state index in [1.54, 1.807) is 23.0 Å².